The Hall–Kier alpha value is -4.78. The fraction of sp³-hybridized carbons (Fsp3) is 0.306. The van der Waals surface area contributed by atoms with Crippen molar-refractivity contribution >= 4 is 18.0 Å². The molecule has 0 spiro atoms. The lowest BCUT2D eigenvalue weighted by Gasteiger charge is -2.18. The van der Waals surface area contributed by atoms with E-state index in [9.17, 15) is 22.4 Å². The molecular weight excluding hydrogens is 655 g/mol. The molecule has 1 aliphatic rings. The Morgan fingerprint density at radius 3 is 2.16 bits per heavy atom. The highest BCUT2D eigenvalue weighted by molar-refractivity contribution is 7.98. The Bertz CT molecular complexity index is 2010. The first-order valence-corrected chi connectivity index (χ1v) is 16.8. The number of thioether (sulfide) groups is 1. The van der Waals surface area contributed by atoms with Crippen molar-refractivity contribution in [2.45, 2.75) is 75.7 Å². The summed E-state index contributed by atoms with van der Waals surface area (Å²) in [5.74, 6) is 1.34. The number of fused-ring (bicyclic) bond motifs is 1. The topological polar surface area (TPSA) is 90.0 Å². The number of hydrogen-bond acceptors (Lipinski definition) is 7. The summed E-state index contributed by atoms with van der Waals surface area (Å²) in [6.45, 7) is 6.67. The van der Waals surface area contributed by atoms with Gasteiger partial charge in [-0.2, -0.15) is 23.3 Å². The quantitative estimate of drug-likeness (QED) is 0.0546. The van der Waals surface area contributed by atoms with E-state index in [-0.39, 0.29) is 16.9 Å². The molecule has 13 heteroatoms. The van der Waals surface area contributed by atoms with Crippen molar-refractivity contribution in [1.82, 2.24) is 29.7 Å². The fourth-order valence-electron chi connectivity index (χ4n) is 5.58. The molecule has 0 aliphatic heterocycles. The molecule has 0 amide bonds. The molecule has 5 aromatic rings. The van der Waals surface area contributed by atoms with Crippen LogP contribution in [0.4, 0.5) is 17.6 Å². The van der Waals surface area contributed by atoms with Crippen LogP contribution in [0.2, 0.25) is 0 Å². The third kappa shape index (κ3) is 8.27. The maximum absolute atomic E-state index is 13.5. The standard InChI is InChI=1S/C36H35F4N7OS/c1-35(2,3)45-41-19-31-43-44-32(47(31)20-23-7-11-25(12-8-23)26-13-15-27(16-14-26)36(38,39)40)21-46-30-6-4-5-29(30)33(48)42-34(46)49-22-24-9-17-28(37)18-10-24/h7-19,45H,4-6,20-22H2,1-3H3/b41-19+. The average Bonchev–Trinajstić information content (AvgIpc) is 3.70. The highest BCUT2D eigenvalue weighted by Gasteiger charge is 2.30. The van der Waals surface area contributed by atoms with Gasteiger partial charge in [0, 0.05) is 22.5 Å². The molecule has 6 rings (SSSR count). The SMILES string of the molecule is CC(C)(C)N/N=C/c1nnc(Cn2c(SCc3ccc(F)cc3)nc(=O)c3c2CCC3)n1Cc1ccc(-c2ccc(C(F)(F)F)cc2)cc1. The van der Waals surface area contributed by atoms with E-state index in [1.807, 2.05) is 54.2 Å². The Labute approximate surface area is 285 Å². The molecular formula is C36H35F4N7OS. The predicted molar refractivity (Wildman–Crippen MR) is 182 cm³/mol. The summed E-state index contributed by atoms with van der Waals surface area (Å²) in [6, 6.07) is 19.0. The molecule has 0 fully saturated rings. The van der Waals surface area contributed by atoms with Gasteiger partial charge in [0.1, 0.15) is 5.82 Å². The normalized spacial score (nSPS) is 13.3. The van der Waals surface area contributed by atoms with Crippen LogP contribution in [-0.2, 0) is 37.9 Å². The second kappa shape index (κ2) is 14.0. The van der Waals surface area contributed by atoms with Gasteiger partial charge in [-0.05, 0) is 86.6 Å². The molecule has 0 unspecified atom stereocenters. The zero-order chi connectivity index (χ0) is 34.8. The van der Waals surface area contributed by atoms with Crippen molar-refractivity contribution in [1.29, 1.82) is 0 Å². The minimum absolute atomic E-state index is 0.221. The van der Waals surface area contributed by atoms with Crippen molar-refractivity contribution in [3.05, 3.63) is 129 Å². The van der Waals surface area contributed by atoms with Crippen LogP contribution in [0.3, 0.4) is 0 Å². The lowest BCUT2D eigenvalue weighted by Crippen LogP contribution is -2.31. The molecule has 2 heterocycles. The zero-order valence-corrected chi connectivity index (χ0v) is 28.1. The van der Waals surface area contributed by atoms with Gasteiger partial charge in [0.2, 0.25) is 0 Å². The van der Waals surface area contributed by atoms with Crippen LogP contribution in [0.25, 0.3) is 11.1 Å². The summed E-state index contributed by atoms with van der Waals surface area (Å²) in [6.07, 6.45) is -0.516. The summed E-state index contributed by atoms with van der Waals surface area (Å²) >= 11 is 1.41. The van der Waals surface area contributed by atoms with Crippen LogP contribution < -0.4 is 11.0 Å². The van der Waals surface area contributed by atoms with Gasteiger partial charge >= 0.3 is 6.18 Å². The molecule has 1 aliphatic carbocycles. The number of nitrogens with one attached hydrogen (secondary N) is 1. The van der Waals surface area contributed by atoms with Gasteiger partial charge in [0.25, 0.3) is 5.56 Å². The first-order chi connectivity index (χ1) is 23.3. The smallest absolute Gasteiger partial charge is 0.316 e. The van der Waals surface area contributed by atoms with Crippen LogP contribution in [-0.4, -0.2) is 36.1 Å². The van der Waals surface area contributed by atoms with E-state index in [0.29, 0.717) is 53.2 Å². The maximum Gasteiger partial charge on any atom is 0.416 e. The van der Waals surface area contributed by atoms with Crippen molar-refractivity contribution in [3.63, 3.8) is 0 Å². The fourth-order valence-corrected chi connectivity index (χ4v) is 6.55. The van der Waals surface area contributed by atoms with Crippen molar-refractivity contribution < 1.29 is 17.6 Å². The predicted octanol–water partition coefficient (Wildman–Crippen LogP) is 7.26. The van der Waals surface area contributed by atoms with Gasteiger partial charge in [-0.3, -0.25) is 4.79 Å². The number of hydrazone groups is 1. The molecule has 49 heavy (non-hydrogen) atoms. The van der Waals surface area contributed by atoms with Crippen LogP contribution in [0.15, 0.2) is 87.8 Å². The molecule has 254 valence electrons. The summed E-state index contributed by atoms with van der Waals surface area (Å²) in [5.41, 5.74) is 6.84. The van der Waals surface area contributed by atoms with E-state index in [1.54, 1.807) is 18.3 Å². The summed E-state index contributed by atoms with van der Waals surface area (Å²) < 4.78 is 56.7. The van der Waals surface area contributed by atoms with Crippen LogP contribution in [0, 0.1) is 5.82 Å². The lowest BCUT2D eigenvalue weighted by molar-refractivity contribution is -0.137. The van der Waals surface area contributed by atoms with Crippen LogP contribution in [0.5, 0.6) is 0 Å². The highest BCUT2D eigenvalue weighted by Crippen LogP contribution is 2.31. The molecule has 0 bridgehead atoms. The molecule has 0 radical (unpaired) electrons. The highest BCUT2D eigenvalue weighted by atomic mass is 32.2. The second-order valence-corrected chi connectivity index (χ2v) is 13.9. The number of hydrogen-bond donors (Lipinski definition) is 1. The number of nitrogens with zero attached hydrogens (tertiary/aromatic N) is 6. The van der Waals surface area contributed by atoms with Gasteiger partial charge in [-0.1, -0.05) is 60.3 Å². The Balaban J connectivity index is 1.32. The molecule has 0 atom stereocenters. The number of halogens is 4. The summed E-state index contributed by atoms with van der Waals surface area (Å²) in [4.78, 5) is 17.5. The largest absolute Gasteiger partial charge is 0.416 e. The Morgan fingerprint density at radius 2 is 1.51 bits per heavy atom. The average molecular weight is 690 g/mol. The number of aromatic nitrogens is 5. The molecule has 2 aromatic heterocycles. The van der Waals surface area contributed by atoms with E-state index in [2.05, 4.69) is 25.7 Å². The van der Waals surface area contributed by atoms with Crippen molar-refractivity contribution in [2.75, 3.05) is 0 Å². The third-order valence-electron chi connectivity index (χ3n) is 8.06. The lowest BCUT2D eigenvalue weighted by atomic mass is 10.0. The second-order valence-electron chi connectivity index (χ2n) is 12.9. The van der Waals surface area contributed by atoms with Gasteiger partial charge in [-0.15, -0.1) is 10.2 Å². The van der Waals surface area contributed by atoms with E-state index in [1.165, 1.54) is 36.0 Å². The van der Waals surface area contributed by atoms with E-state index in [4.69, 9.17) is 0 Å². The minimum atomic E-state index is -4.39. The van der Waals surface area contributed by atoms with Crippen LogP contribution in [0.1, 0.15) is 66.8 Å². The van der Waals surface area contributed by atoms with Crippen LogP contribution >= 0.6 is 11.8 Å². The van der Waals surface area contributed by atoms with Crippen molar-refractivity contribution in [3.8, 4) is 11.1 Å². The Morgan fingerprint density at radius 1 is 0.857 bits per heavy atom. The number of rotatable bonds is 10. The number of benzene rings is 3. The van der Waals surface area contributed by atoms with Gasteiger partial charge < -0.3 is 14.6 Å². The first kappa shape index (κ1) is 34.1. The molecule has 3 aromatic carbocycles. The number of alkyl halides is 3. The first-order valence-electron chi connectivity index (χ1n) is 15.8. The van der Waals surface area contributed by atoms with E-state index in [0.717, 1.165) is 47.4 Å². The summed E-state index contributed by atoms with van der Waals surface area (Å²) in [5, 5.41) is 14.0. The van der Waals surface area contributed by atoms with Gasteiger partial charge in [-0.25, -0.2) is 4.39 Å². The summed E-state index contributed by atoms with van der Waals surface area (Å²) in [7, 11) is 0. The zero-order valence-electron chi connectivity index (χ0n) is 27.3. The molecule has 0 saturated heterocycles. The van der Waals surface area contributed by atoms with Crippen molar-refractivity contribution in [2.24, 2.45) is 5.10 Å². The molecule has 1 N–H and O–H groups in total. The van der Waals surface area contributed by atoms with E-state index < -0.39 is 11.7 Å². The van der Waals surface area contributed by atoms with E-state index >= 15 is 0 Å². The third-order valence-corrected chi connectivity index (χ3v) is 9.11. The monoisotopic (exact) mass is 689 g/mol. The van der Waals surface area contributed by atoms with Gasteiger partial charge in [0.05, 0.1) is 24.9 Å². The molecule has 8 nitrogen and oxygen atoms in total. The Kier molecular flexibility index (Phi) is 9.73. The molecule has 0 saturated carbocycles. The van der Waals surface area contributed by atoms with Gasteiger partial charge in [0.15, 0.2) is 16.8 Å². The maximum atomic E-state index is 13.5. The minimum Gasteiger partial charge on any atom is -0.316 e.